The van der Waals surface area contributed by atoms with Crippen LogP contribution >= 0.6 is 0 Å². The Bertz CT molecular complexity index is 1270. The van der Waals surface area contributed by atoms with Crippen molar-refractivity contribution in [3.63, 3.8) is 0 Å². The number of fused-ring (bicyclic) bond motifs is 1. The minimum Gasteiger partial charge on any atom is -0.497 e. The van der Waals surface area contributed by atoms with Crippen LogP contribution in [0.2, 0.25) is 0 Å². The van der Waals surface area contributed by atoms with E-state index in [0.717, 1.165) is 23.0 Å². The van der Waals surface area contributed by atoms with Crippen LogP contribution in [0.4, 0.5) is 18.9 Å². The largest absolute Gasteiger partial charge is 0.497 e. The van der Waals surface area contributed by atoms with Crippen molar-refractivity contribution in [2.75, 3.05) is 12.4 Å². The number of nitrogens with zero attached hydrogens (tertiary/aromatic N) is 3. The van der Waals surface area contributed by atoms with E-state index in [9.17, 15) is 18.0 Å². The lowest BCUT2D eigenvalue weighted by Gasteiger charge is -2.10. The number of hydrogen-bond acceptors (Lipinski definition) is 5. The molecule has 0 bridgehead atoms. The Morgan fingerprint density at radius 3 is 2.72 bits per heavy atom. The summed E-state index contributed by atoms with van der Waals surface area (Å²) in [4.78, 5) is 16.8. The first-order chi connectivity index (χ1) is 15.3. The van der Waals surface area contributed by atoms with Gasteiger partial charge in [-0.1, -0.05) is 6.07 Å². The molecule has 0 radical (unpaired) electrons. The third-order valence-electron chi connectivity index (χ3n) is 4.55. The summed E-state index contributed by atoms with van der Waals surface area (Å²) in [6.07, 6.45) is -1.44. The van der Waals surface area contributed by atoms with Crippen LogP contribution in [0, 0.1) is 0 Å². The van der Waals surface area contributed by atoms with Crippen LogP contribution in [0.15, 0.2) is 67.0 Å². The van der Waals surface area contributed by atoms with Crippen molar-refractivity contribution in [2.45, 2.75) is 12.9 Å². The Labute approximate surface area is 180 Å². The van der Waals surface area contributed by atoms with Gasteiger partial charge in [-0.05, 0) is 42.5 Å². The molecule has 32 heavy (non-hydrogen) atoms. The molecule has 164 valence electrons. The number of ether oxygens (including phenoxy) is 2. The number of hydrogen-bond donors (Lipinski definition) is 1. The topological polar surface area (TPSA) is 78.3 Å². The standard InChI is InChI=1S/C22H17F3N4O3/c1-31-17-6-5-14-9-16(12-26-20(14)11-17)27-21(30)19-7-8-29(28-19)13-32-18-4-2-3-15(10-18)22(23,24)25/h2-12H,13H2,1H3,(H,27,30). The van der Waals surface area contributed by atoms with Crippen molar-refractivity contribution in [3.05, 3.63) is 78.2 Å². The molecule has 0 unspecified atom stereocenters. The van der Waals surface area contributed by atoms with Gasteiger partial charge in [0.1, 0.15) is 11.5 Å². The summed E-state index contributed by atoms with van der Waals surface area (Å²) in [5.41, 5.74) is 0.520. The van der Waals surface area contributed by atoms with Crippen LogP contribution in [-0.2, 0) is 12.9 Å². The average Bonchev–Trinajstić information content (AvgIpc) is 3.26. The minimum atomic E-state index is -4.46. The third kappa shape index (κ3) is 4.80. The molecule has 0 aliphatic rings. The average molecular weight is 442 g/mol. The Hall–Kier alpha value is -4.08. The fourth-order valence-electron chi connectivity index (χ4n) is 2.95. The molecule has 2 aromatic heterocycles. The van der Waals surface area contributed by atoms with E-state index in [0.29, 0.717) is 11.4 Å². The molecule has 0 aliphatic heterocycles. The molecule has 2 aromatic carbocycles. The molecule has 4 rings (SSSR count). The summed E-state index contributed by atoms with van der Waals surface area (Å²) in [6, 6.07) is 13.2. The van der Waals surface area contributed by atoms with E-state index in [-0.39, 0.29) is 18.2 Å². The first-order valence-corrected chi connectivity index (χ1v) is 9.40. The number of benzene rings is 2. The molecule has 7 nitrogen and oxygen atoms in total. The number of carbonyl (C=O) groups excluding carboxylic acids is 1. The zero-order valence-electron chi connectivity index (χ0n) is 16.8. The van der Waals surface area contributed by atoms with Crippen LogP contribution in [0.5, 0.6) is 11.5 Å². The zero-order chi connectivity index (χ0) is 22.7. The molecular weight excluding hydrogens is 425 g/mol. The second kappa shape index (κ2) is 8.58. The summed E-state index contributed by atoms with van der Waals surface area (Å²) in [6.45, 7) is -0.159. The molecule has 10 heteroatoms. The van der Waals surface area contributed by atoms with Crippen LogP contribution in [-0.4, -0.2) is 27.8 Å². The lowest BCUT2D eigenvalue weighted by atomic mass is 10.2. The van der Waals surface area contributed by atoms with Gasteiger partial charge in [0.05, 0.1) is 30.1 Å². The van der Waals surface area contributed by atoms with E-state index in [1.165, 1.54) is 35.3 Å². The van der Waals surface area contributed by atoms with Crippen molar-refractivity contribution in [2.24, 2.45) is 0 Å². The van der Waals surface area contributed by atoms with Gasteiger partial charge >= 0.3 is 6.18 Å². The monoisotopic (exact) mass is 442 g/mol. The molecule has 0 fully saturated rings. The lowest BCUT2D eigenvalue weighted by Crippen LogP contribution is -2.14. The van der Waals surface area contributed by atoms with E-state index < -0.39 is 17.6 Å². The molecule has 0 atom stereocenters. The fourth-order valence-corrected chi connectivity index (χ4v) is 2.95. The minimum absolute atomic E-state index is 0.0418. The molecule has 0 saturated carbocycles. The predicted molar refractivity (Wildman–Crippen MR) is 111 cm³/mol. The maximum absolute atomic E-state index is 12.8. The summed E-state index contributed by atoms with van der Waals surface area (Å²) in [5, 5.41) is 7.64. The summed E-state index contributed by atoms with van der Waals surface area (Å²) < 4.78 is 50.2. The molecule has 1 N–H and O–H groups in total. The highest BCUT2D eigenvalue weighted by molar-refractivity contribution is 6.03. The van der Waals surface area contributed by atoms with E-state index in [1.807, 2.05) is 6.07 Å². The molecular formula is C22H17F3N4O3. The summed E-state index contributed by atoms with van der Waals surface area (Å²) >= 11 is 0. The van der Waals surface area contributed by atoms with E-state index >= 15 is 0 Å². The smallest absolute Gasteiger partial charge is 0.416 e. The maximum Gasteiger partial charge on any atom is 0.416 e. The van der Waals surface area contributed by atoms with Crippen LogP contribution in [0.25, 0.3) is 10.9 Å². The number of pyridine rings is 1. The number of nitrogens with one attached hydrogen (secondary N) is 1. The number of carbonyl (C=O) groups is 1. The highest BCUT2D eigenvalue weighted by Gasteiger charge is 2.30. The molecule has 0 saturated heterocycles. The van der Waals surface area contributed by atoms with Gasteiger partial charge in [-0.3, -0.25) is 9.78 Å². The van der Waals surface area contributed by atoms with Crippen molar-refractivity contribution >= 4 is 22.5 Å². The first-order valence-electron chi connectivity index (χ1n) is 9.40. The maximum atomic E-state index is 12.8. The molecule has 2 heterocycles. The van der Waals surface area contributed by atoms with Crippen LogP contribution in [0.3, 0.4) is 0 Å². The predicted octanol–water partition coefficient (Wildman–Crippen LogP) is 4.75. The van der Waals surface area contributed by atoms with Gasteiger partial charge in [0.15, 0.2) is 12.4 Å². The van der Waals surface area contributed by atoms with Crippen LogP contribution in [0.1, 0.15) is 16.1 Å². The number of amides is 1. The van der Waals surface area contributed by atoms with Crippen molar-refractivity contribution in [3.8, 4) is 11.5 Å². The fraction of sp³-hybridized carbons (Fsp3) is 0.136. The zero-order valence-corrected chi connectivity index (χ0v) is 16.8. The third-order valence-corrected chi connectivity index (χ3v) is 4.55. The summed E-state index contributed by atoms with van der Waals surface area (Å²) in [7, 11) is 1.57. The second-order valence-electron chi connectivity index (χ2n) is 6.78. The Morgan fingerprint density at radius 1 is 1.09 bits per heavy atom. The van der Waals surface area contributed by atoms with E-state index in [4.69, 9.17) is 9.47 Å². The molecule has 0 aliphatic carbocycles. The number of methoxy groups -OCH3 is 1. The first kappa shape index (κ1) is 21.2. The quantitative estimate of drug-likeness (QED) is 0.466. The molecule has 1 amide bonds. The van der Waals surface area contributed by atoms with Gasteiger partial charge in [0.25, 0.3) is 5.91 Å². The highest BCUT2D eigenvalue weighted by Crippen LogP contribution is 2.31. The van der Waals surface area contributed by atoms with Gasteiger partial charge in [-0.15, -0.1) is 0 Å². The van der Waals surface area contributed by atoms with Gasteiger partial charge in [0, 0.05) is 17.6 Å². The van der Waals surface area contributed by atoms with Gasteiger partial charge in [0.2, 0.25) is 0 Å². The van der Waals surface area contributed by atoms with Crippen LogP contribution < -0.4 is 14.8 Å². The number of rotatable bonds is 6. The SMILES string of the molecule is COc1ccc2cc(NC(=O)c3ccn(COc4cccc(C(F)(F)F)c4)n3)cnc2c1. The number of aromatic nitrogens is 3. The van der Waals surface area contributed by atoms with Crippen molar-refractivity contribution in [1.29, 1.82) is 0 Å². The van der Waals surface area contributed by atoms with E-state index in [1.54, 1.807) is 25.3 Å². The Morgan fingerprint density at radius 2 is 1.94 bits per heavy atom. The van der Waals surface area contributed by atoms with Crippen molar-refractivity contribution in [1.82, 2.24) is 14.8 Å². The van der Waals surface area contributed by atoms with Gasteiger partial charge in [-0.2, -0.15) is 18.3 Å². The second-order valence-corrected chi connectivity index (χ2v) is 6.78. The number of halogens is 3. The van der Waals surface area contributed by atoms with Gasteiger partial charge in [-0.25, -0.2) is 4.68 Å². The number of alkyl halides is 3. The Kier molecular flexibility index (Phi) is 5.67. The van der Waals surface area contributed by atoms with Crippen molar-refractivity contribution < 1.29 is 27.4 Å². The highest BCUT2D eigenvalue weighted by atomic mass is 19.4. The number of anilines is 1. The normalized spacial score (nSPS) is 11.4. The van der Waals surface area contributed by atoms with E-state index in [2.05, 4.69) is 15.4 Å². The van der Waals surface area contributed by atoms with Gasteiger partial charge < -0.3 is 14.8 Å². The molecule has 0 spiro atoms. The Balaban J connectivity index is 1.40. The lowest BCUT2D eigenvalue weighted by molar-refractivity contribution is -0.137. The molecule has 4 aromatic rings. The summed E-state index contributed by atoms with van der Waals surface area (Å²) in [5.74, 6) is 0.261.